The van der Waals surface area contributed by atoms with E-state index in [2.05, 4.69) is 15.2 Å². The zero-order chi connectivity index (χ0) is 35.1. The first-order valence-corrected chi connectivity index (χ1v) is 17.8. The number of rotatable bonds is 7. The number of benzene rings is 2. The summed E-state index contributed by atoms with van der Waals surface area (Å²) in [6, 6.07) is 3.78. The van der Waals surface area contributed by atoms with Crippen LogP contribution in [0.2, 0.25) is 5.02 Å². The van der Waals surface area contributed by atoms with Gasteiger partial charge in [-0.05, 0) is 43.9 Å². The van der Waals surface area contributed by atoms with Crippen LogP contribution in [0.1, 0.15) is 37.7 Å². The number of nitrogens with two attached hydrogens (primary N) is 1. The molecule has 17 heteroatoms. The third-order valence-electron chi connectivity index (χ3n) is 10.3. The van der Waals surface area contributed by atoms with Gasteiger partial charge in [0.05, 0.1) is 32.8 Å². The van der Waals surface area contributed by atoms with Crippen molar-refractivity contribution in [3.63, 3.8) is 0 Å². The van der Waals surface area contributed by atoms with E-state index in [0.717, 1.165) is 36.8 Å². The topological polar surface area (TPSA) is 130 Å². The Morgan fingerprint density at radius 1 is 1.28 bits per heavy atom. The number of fused-ring (bicyclic) bond motifs is 2. The van der Waals surface area contributed by atoms with E-state index < -0.39 is 34.9 Å². The molecule has 4 aromatic rings. The van der Waals surface area contributed by atoms with Crippen LogP contribution < -0.4 is 25.4 Å². The molecule has 5 heterocycles. The molecule has 10 nitrogen and oxygen atoms in total. The molecule has 8 rings (SSSR count). The van der Waals surface area contributed by atoms with Crippen LogP contribution in [-0.2, 0) is 4.79 Å². The zero-order valence-electron chi connectivity index (χ0n) is 26.2. The first-order valence-electron chi connectivity index (χ1n) is 16.1. The van der Waals surface area contributed by atoms with Gasteiger partial charge in [0, 0.05) is 36.0 Å². The Morgan fingerprint density at radius 3 is 2.84 bits per heavy atom. The van der Waals surface area contributed by atoms with Gasteiger partial charge in [-0.25, -0.2) is 17.6 Å². The lowest BCUT2D eigenvalue weighted by atomic mass is 9.85. The summed E-state index contributed by atoms with van der Waals surface area (Å²) in [5.74, 6) is -2.07. The molecule has 3 N–H and O–H groups in total. The fourth-order valence-electron chi connectivity index (χ4n) is 7.97. The number of aromatic nitrogens is 2. The standard InChI is InChI=1S/C33H29Cl2F4N7O3S/c34-23-21(17-2-3-19(37)27-20(17)18(11-40)29(41)50-27)24(38)25-22-26(23)48-7-6-46(16-8-15(9-16)42-31(47)28(35)39)30(22)44-32(43-25)49-13-33-4-1-5-45(33)12-14(36)10-33/h2-3,14-16,28H,1,4-10,12-13,41H2,(H,42,47)/t14-,15?,16?,28?,33+/m1/s1. The normalized spacial score (nSPS) is 25.1. The quantitative estimate of drug-likeness (QED) is 0.167. The molecule has 0 spiro atoms. The molecule has 2 aromatic heterocycles. The molecule has 1 unspecified atom stereocenters. The summed E-state index contributed by atoms with van der Waals surface area (Å²) in [4.78, 5) is 25.1. The Labute approximate surface area is 297 Å². The summed E-state index contributed by atoms with van der Waals surface area (Å²) < 4.78 is 72.5. The molecule has 3 fully saturated rings. The molecule has 0 bridgehead atoms. The molecule has 262 valence electrons. The molecule has 3 atom stereocenters. The first-order chi connectivity index (χ1) is 24.0. The van der Waals surface area contributed by atoms with E-state index >= 15 is 4.39 Å². The highest BCUT2D eigenvalue weighted by Crippen LogP contribution is 2.51. The van der Waals surface area contributed by atoms with E-state index in [1.165, 1.54) is 6.07 Å². The maximum atomic E-state index is 17.2. The van der Waals surface area contributed by atoms with Gasteiger partial charge in [-0.3, -0.25) is 9.69 Å². The molecule has 0 radical (unpaired) electrons. The van der Waals surface area contributed by atoms with Crippen molar-refractivity contribution in [1.82, 2.24) is 20.2 Å². The second-order valence-electron chi connectivity index (χ2n) is 13.2. The van der Waals surface area contributed by atoms with Crippen molar-refractivity contribution < 1.29 is 31.8 Å². The number of hydrogen-bond donors (Lipinski definition) is 2. The van der Waals surface area contributed by atoms with Gasteiger partial charge in [-0.15, -0.1) is 11.3 Å². The van der Waals surface area contributed by atoms with Crippen LogP contribution in [0.15, 0.2) is 12.1 Å². The predicted octanol–water partition coefficient (Wildman–Crippen LogP) is 6.23. The third-order valence-corrected chi connectivity index (χ3v) is 11.9. The molecule has 1 aliphatic carbocycles. The number of halogens is 6. The van der Waals surface area contributed by atoms with Crippen LogP contribution in [0, 0.1) is 23.0 Å². The molecule has 2 aromatic carbocycles. The summed E-state index contributed by atoms with van der Waals surface area (Å²) in [5.41, 5.74) is 3.13. The molecule has 1 amide bonds. The summed E-state index contributed by atoms with van der Waals surface area (Å²) in [7, 11) is 0. The highest BCUT2D eigenvalue weighted by molar-refractivity contribution is 7.23. The smallest absolute Gasteiger partial charge is 0.319 e. The van der Waals surface area contributed by atoms with E-state index in [-0.39, 0.29) is 97.1 Å². The number of nitrogen functional groups attached to an aromatic ring is 1. The Kier molecular flexibility index (Phi) is 8.28. The van der Waals surface area contributed by atoms with Gasteiger partial charge in [0.1, 0.15) is 47.6 Å². The second-order valence-corrected chi connectivity index (χ2v) is 15.0. The molecule has 4 aliphatic rings. The number of carbonyl (C=O) groups is 1. The lowest BCUT2D eigenvalue weighted by Crippen LogP contribution is -2.55. The largest absolute Gasteiger partial charge is 0.489 e. The van der Waals surface area contributed by atoms with Gasteiger partial charge in [-0.2, -0.15) is 15.2 Å². The predicted molar refractivity (Wildman–Crippen MR) is 181 cm³/mol. The fraction of sp³-hybridized carbons (Fsp3) is 0.455. The summed E-state index contributed by atoms with van der Waals surface area (Å²) >= 11 is 13.2. The number of alkyl halides is 3. The number of thiophene rings is 1. The number of ether oxygens (including phenoxy) is 2. The molecular weight excluding hydrogens is 721 g/mol. The van der Waals surface area contributed by atoms with Gasteiger partial charge in [0.15, 0.2) is 11.6 Å². The molecule has 3 aliphatic heterocycles. The highest BCUT2D eigenvalue weighted by atomic mass is 35.5. The van der Waals surface area contributed by atoms with Crippen molar-refractivity contribution >= 4 is 72.3 Å². The Balaban J connectivity index is 1.27. The van der Waals surface area contributed by atoms with Crippen LogP contribution in [0.4, 0.5) is 28.4 Å². The molecule has 50 heavy (non-hydrogen) atoms. The minimum Gasteiger partial charge on any atom is -0.489 e. The molecule has 2 saturated heterocycles. The molecular formula is C33H29Cl2F4N7O3S. The summed E-state index contributed by atoms with van der Waals surface area (Å²) in [6.45, 7) is 1.52. The minimum atomic E-state index is -2.17. The Morgan fingerprint density at radius 2 is 2.08 bits per heavy atom. The van der Waals surface area contributed by atoms with Gasteiger partial charge in [0.2, 0.25) is 0 Å². The van der Waals surface area contributed by atoms with Crippen molar-refractivity contribution in [2.45, 2.75) is 61.5 Å². The molecule has 1 saturated carbocycles. The van der Waals surface area contributed by atoms with Crippen LogP contribution >= 0.6 is 34.5 Å². The van der Waals surface area contributed by atoms with E-state index in [4.69, 9.17) is 43.4 Å². The number of nitrogens with zero attached hydrogens (tertiary/aromatic N) is 5. The van der Waals surface area contributed by atoms with E-state index in [9.17, 15) is 23.2 Å². The van der Waals surface area contributed by atoms with Crippen LogP contribution in [-0.4, -0.2) is 83.0 Å². The van der Waals surface area contributed by atoms with E-state index in [1.807, 2.05) is 11.0 Å². The van der Waals surface area contributed by atoms with Crippen LogP contribution in [0.5, 0.6) is 11.8 Å². The van der Waals surface area contributed by atoms with Gasteiger partial charge in [0.25, 0.3) is 11.5 Å². The fourth-order valence-corrected chi connectivity index (χ4v) is 9.31. The SMILES string of the molecule is N#Cc1c(N)sc2c(F)ccc(-c3c(Cl)c4c5c(nc(OC[C@@]67CCCN6C[C@H](F)C7)nc5c3F)N(C3CC(NC(=O)C(F)Cl)C3)CCO4)c12. The lowest BCUT2D eigenvalue weighted by molar-refractivity contribution is -0.124. The van der Waals surface area contributed by atoms with Crippen LogP contribution in [0.25, 0.3) is 32.1 Å². The Bertz CT molecular complexity index is 2110. The van der Waals surface area contributed by atoms with Gasteiger partial charge in [-0.1, -0.05) is 29.3 Å². The van der Waals surface area contributed by atoms with Crippen molar-refractivity contribution in [2.75, 3.05) is 43.5 Å². The minimum absolute atomic E-state index is 0.0107. The van der Waals surface area contributed by atoms with E-state index in [1.54, 1.807) is 0 Å². The number of carbonyl (C=O) groups excluding carboxylic acids is 1. The summed E-state index contributed by atoms with van der Waals surface area (Å²) in [6.07, 6.45) is 1.76. The maximum Gasteiger partial charge on any atom is 0.319 e. The average molecular weight is 751 g/mol. The summed E-state index contributed by atoms with van der Waals surface area (Å²) in [5, 5.41) is 12.7. The van der Waals surface area contributed by atoms with Gasteiger partial charge < -0.3 is 25.4 Å². The van der Waals surface area contributed by atoms with Crippen molar-refractivity contribution in [1.29, 1.82) is 5.26 Å². The second kappa shape index (κ2) is 12.4. The monoisotopic (exact) mass is 749 g/mol. The zero-order valence-corrected chi connectivity index (χ0v) is 28.6. The number of hydrogen-bond acceptors (Lipinski definition) is 10. The first kappa shape index (κ1) is 33.3. The lowest BCUT2D eigenvalue weighted by Gasteiger charge is -2.43. The third kappa shape index (κ3) is 5.25. The number of amides is 1. The number of anilines is 2. The highest BCUT2D eigenvalue weighted by Gasteiger charge is 2.49. The van der Waals surface area contributed by atoms with Crippen molar-refractivity contribution in [3.05, 3.63) is 34.4 Å². The average Bonchev–Trinajstić information content (AvgIpc) is 3.66. The van der Waals surface area contributed by atoms with Crippen molar-refractivity contribution in [2.24, 2.45) is 0 Å². The maximum absolute atomic E-state index is 17.2. The van der Waals surface area contributed by atoms with Gasteiger partial charge >= 0.3 is 6.01 Å². The Hall–Kier alpha value is -3.84. The number of nitrogens with one attached hydrogen (secondary N) is 1. The van der Waals surface area contributed by atoms with Crippen molar-refractivity contribution in [3.8, 4) is 29.0 Å². The number of nitriles is 1. The van der Waals surface area contributed by atoms with Crippen LogP contribution in [0.3, 0.4) is 0 Å². The van der Waals surface area contributed by atoms with E-state index in [0.29, 0.717) is 25.8 Å².